The maximum Gasteiger partial charge on any atom is 0.0618 e. The summed E-state index contributed by atoms with van der Waals surface area (Å²) in [6, 6.07) is 1.49. The third-order valence-corrected chi connectivity index (χ3v) is 2.84. The minimum Gasteiger partial charge on any atom is -0.383 e. The van der Waals surface area contributed by atoms with Crippen LogP contribution in [0.15, 0.2) is 0 Å². The van der Waals surface area contributed by atoms with Gasteiger partial charge in [-0.25, -0.2) is 0 Å². The number of fused-ring (bicyclic) bond motifs is 2. The van der Waals surface area contributed by atoms with E-state index in [0.717, 1.165) is 18.6 Å². The van der Waals surface area contributed by atoms with Crippen molar-refractivity contribution < 1.29 is 4.74 Å². The van der Waals surface area contributed by atoms with Crippen molar-refractivity contribution in [2.75, 3.05) is 13.7 Å². The van der Waals surface area contributed by atoms with Crippen LogP contribution < -0.4 is 5.32 Å². The Hall–Kier alpha value is -0.0800. The smallest absolute Gasteiger partial charge is 0.0618 e. The van der Waals surface area contributed by atoms with Gasteiger partial charge in [0.05, 0.1) is 6.61 Å². The number of hydrogen-bond acceptors (Lipinski definition) is 2. The van der Waals surface area contributed by atoms with Gasteiger partial charge in [0.2, 0.25) is 0 Å². The Balaban J connectivity index is 1.90. The molecule has 0 aromatic carbocycles. The van der Waals surface area contributed by atoms with E-state index in [4.69, 9.17) is 4.74 Å². The fourth-order valence-electron chi connectivity index (χ4n) is 2.34. The minimum atomic E-state index is 0.670. The summed E-state index contributed by atoms with van der Waals surface area (Å²) in [5, 5.41) is 3.57. The molecule has 1 aliphatic carbocycles. The highest BCUT2D eigenvalue weighted by Gasteiger charge is 2.38. The predicted molar refractivity (Wildman–Crippen MR) is 39.9 cm³/mol. The van der Waals surface area contributed by atoms with Crippen LogP contribution in [-0.4, -0.2) is 25.8 Å². The molecule has 0 radical (unpaired) electrons. The van der Waals surface area contributed by atoms with Gasteiger partial charge in [-0.15, -0.1) is 0 Å². The van der Waals surface area contributed by atoms with Gasteiger partial charge in [-0.3, -0.25) is 0 Å². The molecule has 3 atom stereocenters. The molecule has 0 amide bonds. The van der Waals surface area contributed by atoms with E-state index >= 15 is 0 Å². The lowest BCUT2D eigenvalue weighted by molar-refractivity contribution is 0.147. The Morgan fingerprint density at radius 2 is 2.40 bits per heavy atom. The number of hydrogen-bond donors (Lipinski definition) is 1. The molecule has 0 aromatic rings. The molecular weight excluding hydrogens is 126 g/mol. The zero-order valence-electron chi connectivity index (χ0n) is 6.47. The first-order chi connectivity index (χ1) is 4.90. The van der Waals surface area contributed by atoms with Crippen LogP contribution in [0.5, 0.6) is 0 Å². The fraction of sp³-hybridized carbons (Fsp3) is 1.00. The third-order valence-electron chi connectivity index (χ3n) is 2.84. The van der Waals surface area contributed by atoms with Crippen LogP contribution in [0.4, 0.5) is 0 Å². The second-order valence-corrected chi connectivity index (χ2v) is 3.50. The van der Waals surface area contributed by atoms with Crippen molar-refractivity contribution >= 4 is 0 Å². The third kappa shape index (κ3) is 0.956. The fourth-order valence-corrected chi connectivity index (χ4v) is 2.34. The normalized spacial score (nSPS) is 44.7. The Morgan fingerprint density at radius 3 is 2.90 bits per heavy atom. The number of methoxy groups -OCH3 is 1. The van der Waals surface area contributed by atoms with Crippen molar-refractivity contribution in [2.45, 2.75) is 31.3 Å². The number of rotatable bonds is 2. The summed E-state index contributed by atoms with van der Waals surface area (Å²) < 4.78 is 5.12. The first-order valence-electron chi connectivity index (χ1n) is 4.15. The van der Waals surface area contributed by atoms with E-state index in [1.807, 2.05) is 0 Å². The van der Waals surface area contributed by atoms with Gasteiger partial charge in [-0.05, 0) is 25.2 Å². The summed E-state index contributed by atoms with van der Waals surface area (Å²) in [5.41, 5.74) is 0. The van der Waals surface area contributed by atoms with Crippen LogP contribution in [0.2, 0.25) is 0 Å². The standard InChI is InChI=1S/C8H15NO/c1-10-5-8-6-2-3-7(4-6)9-8/h6-9H,2-5H2,1H3/t6-,7+,8?/m0/s1. The van der Waals surface area contributed by atoms with E-state index < -0.39 is 0 Å². The Labute approximate surface area is 61.9 Å². The van der Waals surface area contributed by atoms with Crippen molar-refractivity contribution in [3.8, 4) is 0 Å². The Kier molecular flexibility index (Phi) is 1.66. The molecule has 2 heteroatoms. The minimum absolute atomic E-state index is 0.670. The first-order valence-corrected chi connectivity index (χ1v) is 4.15. The highest BCUT2D eigenvalue weighted by Crippen LogP contribution is 2.34. The second kappa shape index (κ2) is 2.51. The summed E-state index contributed by atoms with van der Waals surface area (Å²) in [5.74, 6) is 0.921. The molecular formula is C8H15NO. The first kappa shape index (κ1) is 6.62. The Bertz CT molecular complexity index is 126. The van der Waals surface area contributed by atoms with Gasteiger partial charge in [0.1, 0.15) is 0 Å². The predicted octanol–water partition coefficient (Wildman–Crippen LogP) is 0.773. The van der Waals surface area contributed by atoms with Crippen LogP contribution in [0, 0.1) is 5.92 Å². The SMILES string of the molecule is COCC1N[C@@H]2CC[C@H]1C2. The van der Waals surface area contributed by atoms with Gasteiger partial charge >= 0.3 is 0 Å². The van der Waals surface area contributed by atoms with Crippen molar-refractivity contribution in [3.63, 3.8) is 0 Å². The molecule has 1 N–H and O–H groups in total. The molecule has 1 saturated carbocycles. The molecule has 1 unspecified atom stereocenters. The van der Waals surface area contributed by atoms with E-state index in [1.54, 1.807) is 7.11 Å². The lowest BCUT2D eigenvalue weighted by atomic mass is 10.0. The molecule has 2 rings (SSSR count). The van der Waals surface area contributed by atoms with E-state index in [2.05, 4.69) is 5.32 Å². The zero-order chi connectivity index (χ0) is 6.97. The average molecular weight is 141 g/mol. The van der Waals surface area contributed by atoms with E-state index in [-0.39, 0.29) is 0 Å². The van der Waals surface area contributed by atoms with E-state index in [9.17, 15) is 0 Å². The molecule has 10 heavy (non-hydrogen) atoms. The van der Waals surface area contributed by atoms with Crippen molar-refractivity contribution in [3.05, 3.63) is 0 Å². The molecule has 58 valence electrons. The summed E-state index contributed by atoms with van der Waals surface area (Å²) in [7, 11) is 1.79. The molecule has 2 bridgehead atoms. The van der Waals surface area contributed by atoms with Gasteiger partial charge in [0.25, 0.3) is 0 Å². The zero-order valence-corrected chi connectivity index (χ0v) is 6.47. The maximum absolute atomic E-state index is 5.12. The molecule has 1 saturated heterocycles. The van der Waals surface area contributed by atoms with Crippen LogP contribution in [-0.2, 0) is 4.74 Å². The molecule has 1 aliphatic heterocycles. The topological polar surface area (TPSA) is 21.3 Å². The van der Waals surface area contributed by atoms with Crippen LogP contribution in [0.1, 0.15) is 19.3 Å². The quantitative estimate of drug-likeness (QED) is 0.613. The van der Waals surface area contributed by atoms with Crippen molar-refractivity contribution in [1.29, 1.82) is 0 Å². The van der Waals surface area contributed by atoms with Crippen molar-refractivity contribution in [2.24, 2.45) is 5.92 Å². The highest BCUT2D eigenvalue weighted by molar-refractivity contribution is 4.96. The lowest BCUT2D eigenvalue weighted by Crippen LogP contribution is -2.38. The summed E-state index contributed by atoms with van der Waals surface area (Å²) in [6.07, 6.45) is 4.21. The highest BCUT2D eigenvalue weighted by atomic mass is 16.5. The van der Waals surface area contributed by atoms with Gasteiger partial charge in [-0.1, -0.05) is 0 Å². The van der Waals surface area contributed by atoms with Crippen molar-refractivity contribution in [1.82, 2.24) is 5.32 Å². The molecule has 2 aliphatic rings. The molecule has 0 spiro atoms. The van der Waals surface area contributed by atoms with E-state index in [0.29, 0.717) is 6.04 Å². The van der Waals surface area contributed by atoms with Gasteiger partial charge in [0, 0.05) is 19.2 Å². The number of nitrogens with one attached hydrogen (secondary N) is 1. The van der Waals surface area contributed by atoms with E-state index in [1.165, 1.54) is 19.3 Å². The summed E-state index contributed by atoms with van der Waals surface area (Å²) in [6.45, 7) is 0.904. The monoisotopic (exact) mass is 141 g/mol. The van der Waals surface area contributed by atoms with Crippen LogP contribution in [0.25, 0.3) is 0 Å². The van der Waals surface area contributed by atoms with Gasteiger partial charge in [0.15, 0.2) is 0 Å². The number of ether oxygens (including phenoxy) is 1. The van der Waals surface area contributed by atoms with Gasteiger partial charge < -0.3 is 10.1 Å². The molecule has 1 heterocycles. The van der Waals surface area contributed by atoms with Crippen LogP contribution in [0.3, 0.4) is 0 Å². The molecule has 2 fully saturated rings. The molecule has 0 aromatic heterocycles. The second-order valence-electron chi connectivity index (χ2n) is 3.50. The maximum atomic E-state index is 5.12. The molecule has 2 nitrogen and oxygen atoms in total. The lowest BCUT2D eigenvalue weighted by Gasteiger charge is -2.21. The number of piperidine rings is 1. The van der Waals surface area contributed by atoms with Crippen LogP contribution >= 0.6 is 0 Å². The summed E-state index contributed by atoms with van der Waals surface area (Å²) in [4.78, 5) is 0. The summed E-state index contributed by atoms with van der Waals surface area (Å²) >= 11 is 0. The average Bonchev–Trinajstić information content (AvgIpc) is 2.48. The Morgan fingerprint density at radius 1 is 1.50 bits per heavy atom. The van der Waals surface area contributed by atoms with Gasteiger partial charge in [-0.2, -0.15) is 0 Å². The largest absolute Gasteiger partial charge is 0.383 e.